The highest BCUT2D eigenvalue weighted by molar-refractivity contribution is 9.10. The highest BCUT2D eigenvalue weighted by Crippen LogP contribution is 2.41. The fourth-order valence-corrected chi connectivity index (χ4v) is 4.09. The summed E-state index contributed by atoms with van der Waals surface area (Å²) in [5.41, 5.74) is 1.79. The molecule has 1 saturated heterocycles. The zero-order valence-electron chi connectivity index (χ0n) is 15.9. The summed E-state index contributed by atoms with van der Waals surface area (Å²) in [6.45, 7) is 0.162. The number of benzene rings is 2. The van der Waals surface area contributed by atoms with Gasteiger partial charge in [-0.15, -0.1) is 0 Å². The lowest BCUT2D eigenvalue weighted by atomic mass is 9.95. The van der Waals surface area contributed by atoms with Crippen LogP contribution in [0, 0.1) is 0 Å². The Morgan fingerprint density at radius 3 is 2.32 bits per heavy atom. The van der Waals surface area contributed by atoms with Gasteiger partial charge in [-0.3, -0.25) is 14.6 Å². The van der Waals surface area contributed by atoms with E-state index in [2.05, 4.69) is 20.9 Å². The number of hydrogen-bond acceptors (Lipinski definition) is 4. The van der Waals surface area contributed by atoms with Gasteiger partial charge in [0.05, 0.1) is 21.7 Å². The number of pyridine rings is 1. The van der Waals surface area contributed by atoms with Gasteiger partial charge in [-0.25, -0.2) is 0 Å². The van der Waals surface area contributed by atoms with E-state index in [4.69, 9.17) is 23.2 Å². The van der Waals surface area contributed by atoms with Crippen LogP contribution in [0.25, 0.3) is 5.76 Å². The molecule has 1 amide bonds. The van der Waals surface area contributed by atoms with Gasteiger partial charge < -0.3 is 10.0 Å². The van der Waals surface area contributed by atoms with Crippen LogP contribution in [-0.2, 0) is 16.1 Å². The van der Waals surface area contributed by atoms with Crippen molar-refractivity contribution < 1.29 is 14.7 Å². The maximum absolute atomic E-state index is 13.0. The average molecular weight is 518 g/mol. The quantitative estimate of drug-likeness (QED) is 0.271. The number of ketones is 1. The number of aliphatic hydroxyl groups excluding tert-OH is 1. The van der Waals surface area contributed by atoms with Gasteiger partial charge >= 0.3 is 0 Å². The highest BCUT2D eigenvalue weighted by atomic mass is 79.9. The van der Waals surface area contributed by atoms with Gasteiger partial charge in [0.2, 0.25) is 0 Å². The molecule has 1 unspecified atom stereocenters. The molecule has 5 nitrogen and oxygen atoms in total. The molecular formula is C23H15BrCl2N2O3. The molecule has 1 atom stereocenters. The van der Waals surface area contributed by atoms with Crippen molar-refractivity contribution in [3.8, 4) is 0 Å². The van der Waals surface area contributed by atoms with Gasteiger partial charge in [0.25, 0.3) is 11.7 Å². The van der Waals surface area contributed by atoms with Crippen LogP contribution >= 0.6 is 39.1 Å². The van der Waals surface area contributed by atoms with Crippen LogP contribution in [0.3, 0.4) is 0 Å². The van der Waals surface area contributed by atoms with Gasteiger partial charge in [0.15, 0.2) is 0 Å². The molecule has 8 heteroatoms. The Labute approximate surface area is 197 Å². The first-order chi connectivity index (χ1) is 14.9. The molecule has 31 heavy (non-hydrogen) atoms. The second-order valence-electron chi connectivity index (χ2n) is 6.96. The van der Waals surface area contributed by atoms with Gasteiger partial charge in [-0.1, -0.05) is 57.3 Å². The van der Waals surface area contributed by atoms with E-state index in [1.165, 1.54) is 4.90 Å². The number of carbonyl (C=O) groups is 2. The Morgan fingerprint density at radius 1 is 1.00 bits per heavy atom. The van der Waals surface area contributed by atoms with Crippen LogP contribution in [-0.4, -0.2) is 26.7 Å². The van der Waals surface area contributed by atoms with Crippen molar-refractivity contribution in [2.24, 2.45) is 0 Å². The number of nitrogens with zero attached hydrogens (tertiary/aromatic N) is 2. The lowest BCUT2D eigenvalue weighted by molar-refractivity contribution is -0.140. The number of Topliss-reactive ketones (excluding diaryl/α,β-unsaturated/α-hetero) is 1. The summed E-state index contributed by atoms with van der Waals surface area (Å²) in [5.74, 6) is -1.71. The summed E-state index contributed by atoms with van der Waals surface area (Å²) in [6, 6.07) is 14.4. The maximum atomic E-state index is 13.0. The summed E-state index contributed by atoms with van der Waals surface area (Å²) in [6.07, 6.45) is 3.23. The number of aliphatic hydroxyl groups is 1. The van der Waals surface area contributed by atoms with E-state index in [9.17, 15) is 14.7 Å². The number of carbonyl (C=O) groups excluding carboxylic acids is 2. The van der Waals surface area contributed by atoms with Crippen molar-refractivity contribution in [1.82, 2.24) is 9.88 Å². The molecule has 0 aliphatic carbocycles. The van der Waals surface area contributed by atoms with E-state index in [1.807, 2.05) is 0 Å². The number of likely N-dealkylation sites (tertiary alicyclic amines) is 1. The fraction of sp³-hybridized carbons (Fsp3) is 0.0870. The molecule has 0 spiro atoms. The lowest BCUT2D eigenvalue weighted by Gasteiger charge is -2.25. The van der Waals surface area contributed by atoms with Crippen molar-refractivity contribution in [2.75, 3.05) is 0 Å². The van der Waals surface area contributed by atoms with Crippen molar-refractivity contribution >= 4 is 56.6 Å². The molecule has 0 bridgehead atoms. The number of hydrogen-bond donors (Lipinski definition) is 1. The predicted molar refractivity (Wildman–Crippen MR) is 123 cm³/mol. The third-order valence-corrected chi connectivity index (χ3v) is 6.29. The molecule has 1 aliphatic heterocycles. The molecule has 3 aromatic rings. The summed E-state index contributed by atoms with van der Waals surface area (Å²) in [4.78, 5) is 31.4. The largest absolute Gasteiger partial charge is 0.507 e. The standard InChI is InChI=1S/C23H15BrCl2N2O3/c24-16-4-1-14(2-5-16)21(29)19-20(15-3-6-17(25)18(26)11-15)28(23(31)22(19)30)12-13-7-9-27-10-8-13/h1-11,20,29H,12H2/b21-19-. The van der Waals surface area contributed by atoms with Crippen molar-refractivity contribution in [1.29, 1.82) is 0 Å². The van der Waals surface area contributed by atoms with Crippen LogP contribution in [0.4, 0.5) is 0 Å². The van der Waals surface area contributed by atoms with Gasteiger partial charge in [0.1, 0.15) is 5.76 Å². The number of aromatic nitrogens is 1. The fourth-order valence-electron chi connectivity index (χ4n) is 3.52. The molecule has 1 N–H and O–H groups in total. The molecule has 156 valence electrons. The van der Waals surface area contributed by atoms with E-state index in [-0.39, 0.29) is 22.9 Å². The molecule has 1 aromatic heterocycles. The average Bonchev–Trinajstić information content (AvgIpc) is 3.01. The Morgan fingerprint density at radius 2 is 1.68 bits per heavy atom. The predicted octanol–water partition coefficient (Wildman–Crippen LogP) is 5.77. The van der Waals surface area contributed by atoms with Crippen LogP contribution < -0.4 is 0 Å². The monoisotopic (exact) mass is 516 g/mol. The molecule has 2 aromatic carbocycles. The number of rotatable bonds is 4. The zero-order chi connectivity index (χ0) is 22.1. The van der Waals surface area contributed by atoms with E-state index in [0.29, 0.717) is 16.1 Å². The van der Waals surface area contributed by atoms with E-state index in [1.54, 1.807) is 67.0 Å². The lowest BCUT2D eigenvalue weighted by Crippen LogP contribution is -2.29. The minimum absolute atomic E-state index is 0.000215. The third-order valence-electron chi connectivity index (χ3n) is 5.02. The Balaban J connectivity index is 1.88. The first kappa shape index (κ1) is 21.6. The number of halogens is 3. The smallest absolute Gasteiger partial charge is 0.295 e. The van der Waals surface area contributed by atoms with Crippen LogP contribution in [0.2, 0.25) is 10.0 Å². The Bertz CT molecular complexity index is 1200. The summed E-state index contributed by atoms with van der Waals surface area (Å²) in [5, 5.41) is 11.7. The molecular weight excluding hydrogens is 503 g/mol. The molecule has 2 heterocycles. The maximum Gasteiger partial charge on any atom is 0.295 e. The van der Waals surface area contributed by atoms with Crippen molar-refractivity contribution in [3.63, 3.8) is 0 Å². The Hall–Kier alpha value is -2.67. The van der Waals surface area contributed by atoms with Crippen LogP contribution in [0.1, 0.15) is 22.7 Å². The summed E-state index contributed by atoms with van der Waals surface area (Å²) >= 11 is 15.6. The van der Waals surface area contributed by atoms with Crippen molar-refractivity contribution in [3.05, 3.63) is 104 Å². The first-order valence-corrected chi connectivity index (χ1v) is 10.8. The number of amides is 1. The molecule has 1 fully saturated rings. The molecule has 0 saturated carbocycles. The van der Waals surface area contributed by atoms with Gasteiger partial charge in [0, 0.05) is 29.0 Å². The Kier molecular flexibility index (Phi) is 6.14. The summed E-state index contributed by atoms with van der Waals surface area (Å²) < 4.78 is 0.822. The van der Waals surface area contributed by atoms with Crippen LogP contribution in [0.5, 0.6) is 0 Å². The van der Waals surface area contributed by atoms with Crippen LogP contribution in [0.15, 0.2) is 77.0 Å². The second kappa shape index (κ2) is 8.83. The van der Waals surface area contributed by atoms with Crippen molar-refractivity contribution in [2.45, 2.75) is 12.6 Å². The molecule has 0 radical (unpaired) electrons. The molecule has 1 aliphatic rings. The first-order valence-electron chi connectivity index (χ1n) is 9.25. The highest BCUT2D eigenvalue weighted by Gasteiger charge is 2.46. The SMILES string of the molecule is O=C1C(=O)N(Cc2ccncc2)C(c2ccc(Cl)c(Cl)c2)/C1=C(/O)c1ccc(Br)cc1. The third kappa shape index (κ3) is 4.24. The van der Waals surface area contributed by atoms with E-state index in [0.717, 1.165) is 10.0 Å². The van der Waals surface area contributed by atoms with E-state index >= 15 is 0 Å². The van der Waals surface area contributed by atoms with Gasteiger partial charge in [-0.05, 0) is 47.5 Å². The minimum Gasteiger partial charge on any atom is -0.507 e. The summed E-state index contributed by atoms with van der Waals surface area (Å²) in [7, 11) is 0. The van der Waals surface area contributed by atoms with Gasteiger partial charge in [-0.2, -0.15) is 0 Å². The van der Waals surface area contributed by atoms with E-state index < -0.39 is 17.7 Å². The minimum atomic E-state index is -0.827. The topological polar surface area (TPSA) is 70.5 Å². The molecule has 4 rings (SSSR count). The normalized spacial score (nSPS) is 17.9. The zero-order valence-corrected chi connectivity index (χ0v) is 19.0. The second-order valence-corrected chi connectivity index (χ2v) is 8.69.